The number of hydrogen-bond acceptors (Lipinski definition) is 8. The molecule has 0 N–H and O–H groups in total. The van der Waals surface area contributed by atoms with Gasteiger partial charge in [-0.2, -0.15) is 0 Å². The molecule has 0 fully saturated rings. The van der Waals surface area contributed by atoms with Crippen LogP contribution in [0.4, 0.5) is 16.5 Å². The summed E-state index contributed by atoms with van der Waals surface area (Å²) in [4.78, 5) is 6.86. The van der Waals surface area contributed by atoms with Crippen molar-refractivity contribution in [1.29, 1.82) is 0 Å². The Labute approximate surface area is 154 Å². The predicted octanol–water partition coefficient (Wildman–Crippen LogP) is 1.11. The van der Waals surface area contributed by atoms with Gasteiger partial charge < -0.3 is 21.4 Å². The number of thiazole rings is 1. The predicted molar refractivity (Wildman–Crippen MR) is 81.4 cm³/mol. The maximum absolute atomic E-state index is 4.71. The molecule has 0 aliphatic rings. The molecule has 5 nitrogen and oxygen atoms in total. The molecule has 0 atom stereocenters. The SMILES string of the molecule is CN(C)c1ccc(N=Nc2nccs2)c(SO[S-])c1.[Na+]. The minimum Gasteiger partial charge on any atom is -0.606 e. The topological polar surface area (TPSA) is 50.1 Å². The van der Waals surface area contributed by atoms with Gasteiger partial charge in [-0.3, -0.25) is 0 Å². The van der Waals surface area contributed by atoms with Crippen molar-refractivity contribution in [2.75, 3.05) is 19.0 Å². The first kappa shape index (κ1) is 18.0. The summed E-state index contributed by atoms with van der Waals surface area (Å²) < 4.78 is 4.71. The molecule has 100 valence electrons. The minimum absolute atomic E-state index is 0. The Morgan fingerprint density at radius 1 is 1.35 bits per heavy atom. The van der Waals surface area contributed by atoms with E-state index < -0.39 is 0 Å². The molecule has 0 bridgehead atoms. The summed E-state index contributed by atoms with van der Waals surface area (Å²) in [5, 5.41) is 10.7. The second-order valence-electron chi connectivity index (χ2n) is 3.71. The van der Waals surface area contributed by atoms with E-state index in [1.807, 2.05) is 42.6 Å². The molecule has 0 aliphatic heterocycles. The molecular weight excluding hydrogens is 323 g/mol. The molecule has 9 heteroatoms. The Balaban J connectivity index is 0.00000200. The number of hydrogen-bond donors (Lipinski definition) is 0. The molecule has 1 heterocycles. The second kappa shape index (κ2) is 9.04. The van der Waals surface area contributed by atoms with E-state index in [0.29, 0.717) is 10.8 Å². The summed E-state index contributed by atoms with van der Waals surface area (Å²) in [6.45, 7) is 0. The van der Waals surface area contributed by atoms with Gasteiger partial charge >= 0.3 is 29.6 Å². The van der Waals surface area contributed by atoms with Gasteiger partial charge in [0.05, 0.1) is 4.90 Å². The van der Waals surface area contributed by atoms with E-state index in [4.69, 9.17) is 3.63 Å². The van der Waals surface area contributed by atoms with Crippen molar-refractivity contribution in [3.05, 3.63) is 29.8 Å². The molecule has 20 heavy (non-hydrogen) atoms. The summed E-state index contributed by atoms with van der Waals surface area (Å²) in [6.07, 6.45) is 1.69. The Kier molecular flexibility index (Phi) is 8.11. The van der Waals surface area contributed by atoms with Crippen LogP contribution in [0.3, 0.4) is 0 Å². The molecule has 0 spiro atoms. The van der Waals surface area contributed by atoms with Crippen LogP contribution in [-0.2, 0) is 16.5 Å². The van der Waals surface area contributed by atoms with Crippen molar-refractivity contribution < 1.29 is 33.2 Å². The van der Waals surface area contributed by atoms with E-state index in [1.54, 1.807) is 6.20 Å². The molecule has 2 aromatic rings. The summed E-state index contributed by atoms with van der Waals surface area (Å²) in [5.41, 5.74) is 1.75. The van der Waals surface area contributed by atoms with E-state index >= 15 is 0 Å². The number of azo groups is 1. The van der Waals surface area contributed by atoms with Crippen LogP contribution in [0, 0.1) is 0 Å². The zero-order valence-corrected chi connectivity index (χ0v) is 15.8. The largest absolute Gasteiger partial charge is 1.00 e. The van der Waals surface area contributed by atoms with Crippen LogP contribution in [-0.4, -0.2) is 19.1 Å². The fourth-order valence-electron chi connectivity index (χ4n) is 1.33. The van der Waals surface area contributed by atoms with Gasteiger partial charge in [-0.05, 0) is 18.2 Å². The van der Waals surface area contributed by atoms with Crippen LogP contribution in [0.5, 0.6) is 0 Å². The Morgan fingerprint density at radius 2 is 2.15 bits per heavy atom. The zero-order valence-electron chi connectivity index (χ0n) is 11.3. The van der Waals surface area contributed by atoms with Crippen molar-refractivity contribution in [2.24, 2.45) is 10.2 Å². The van der Waals surface area contributed by atoms with Crippen LogP contribution in [0.15, 0.2) is 44.9 Å². The molecule has 0 saturated heterocycles. The third-order valence-corrected chi connectivity index (χ3v) is 3.68. The van der Waals surface area contributed by atoms with Gasteiger partial charge in [0.15, 0.2) is 0 Å². The van der Waals surface area contributed by atoms with Crippen molar-refractivity contribution in [3.8, 4) is 0 Å². The third kappa shape index (κ3) is 5.03. The number of nitrogens with zero attached hydrogens (tertiary/aromatic N) is 4. The number of rotatable bonds is 5. The standard InChI is InChI=1S/C11H12N4OS3.Na/c1-15(2)8-3-4-9(10(7-8)19-16-17)13-14-11-12-5-6-18-11;/h3-7,17H,1-2H3;/q;+1/p-1. The van der Waals surface area contributed by atoms with Crippen LogP contribution in [0.1, 0.15) is 0 Å². The molecule has 0 radical (unpaired) electrons. The van der Waals surface area contributed by atoms with E-state index in [-0.39, 0.29) is 29.6 Å². The van der Waals surface area contributed by atoms with E-state index in [9.17, 15) is 0 Å². The number of benzene rings is 1. The first-order chi connectivity index (χ1) is 9.20. The van der Waals surface area contributed by atoms with Crippen LogP contribution in [0.25, 0.3) is 0 Å². The third-order valence-electron chi connectivity index (χ3n) is 2.25. The molecule has 0 amide bonds. The second-order valence-corrected chi connectivity index (χ2v) is 5.74. The average Bonchev–Trinajstić information content (AvgIpc) is 2.90. The smallest absolute Gasteiger partial charge is 0.606 e. The monoisotopic (exact) mass is 334 g/mol. The molecule has 0 aliphatic carbocycles. The summed E-state index contributed by atoms with van der Waals surface area (Å²) >= 11 is 7.05. The van der Waals surface area contributed by atoms with Gasteiger partial charge in [0.25, 0.3) is 0 Å². The van der Waals surface area contributed by atoms with Crippen LogP contribution >= 0.6 is 23.4 Å². The molecule has 2 rings (SSSR count). The van der Waals surface area contributed by atoms with Crippen molar-refractivity contribution in [3.63, 3.8) is 0 Å². The summed E-state index contributed by atoms with van der Waals surface area (Å²) in [7, 11) is 3.93. The van der Waals surface area contributed by atoms with Gasteiger partial charge in [0, 0.05) is 43.4 Å². The fourth-order valence-corrected chi connectivity index (χ4v) is 2.44. The zero-order chi connectivity index (χ0) is 13.7. The van der Waals surface area contributed by atoms with E-state index in [1.165, 1.54) is 11.3 Å². The molecule has 0 unspecified atom stereocenters. The van der Waals surface area contributed by atoms with Crippen LogP contribution in [0.2, 0.25) is 0 Å². The molecule has 1 aromatic heterocycles. The van der Waals surface area contributed by atoms with E-state index in [0.717, 1.165) is 22.6 Å². The first-order valence-corrected chi connectivity index (χ1v) is 7.25. The number of aromatic nitrogens is 1. The Hall–Kier alpha value is -0.0900. The maximum atomic E-state index is 4.71. The average molecular weight is 334 g/mol. The summed E-state index contributed by atoms with van der Waals surface area (Å²) in [6, 6.07) is 5.79. The number of anilines is 1. The van der Waals surface area contributed by atoms with Gasteiger partial charge in [-0.15, -0.1) is 21.6 Å². The Bertz CT molecular complexity index is 563. The van der Waals surface area contributed by atoms with E-state index in [2.05, 4.69) is 28.1 Å². The normalized spacial score (nSPS) is 10.6. The van der Waals surface area contributed by atoms with Gasteiger partial charge in [-0.25, -0.2) is 4.98 Å². The van der Waals surface area contributed by atoms with Gasteiger partial charge in [0.1, 0.15) is 5.69 Å². The fraction of sp³-hybridized carbons (Fsp3) is 0.182. The van der Waals surface area contributed by atoms with Gasteiger partial charge in [-0.1, -0.05) is 0 Å². The van der Waals surface area contributed by atoms with Crippen molar-refractivity contribution in [2.45, 2.75) is 4.90 Å². The Morgan fingerprint density at radius 3 is 2.75 bits per heavy atom. The van der Waals surface area contributed by atoms with Gasteiger partial charge in [0.2, 0.25) is 5.13 Å². The van der Waals surface area contributed by atoms with Crippen molar-refractivity contribution >= 4 is 52.8 Å². The molecular formula is C11H11N4NaOS3. The maximum Gasteiger partial charge on any atom is 1.00 e. The minimum atomic E-state index is 0. The first-order valence-electron chi connectivity index (χ1n) is 5.30. The van der Waals surface area contributed by atoms with Crippen LogP contribution < -0.4 is 34.5 Å². The molecule has 0 saturated carbocycles. The summed E-state index contributed by atoms with van der Waals surface area (Å²) in [5.74, 6) is 0. The van der Waals surface area contributed by atoms with Crippen molar-refractivity contribution in [1.82, 2.24) is 4.98 Å². The molecule has 1 aromatic carbocycles. The quantitative estimate of drug-likeness (QED) is 0.355.